The number of hydrogen-bond donors (Lipinski definition) is 0. The zero-order chi connectivity index (χ0) is 17.7. The van der Waals surface area contributed by atoms with Gasteiger partial charge < -0.3 is 0 Å². The molecule has 0 amide bonds. The second-order valence-corrected chi connectivity index (χ2v) is 7.16. The van der Waals surface area contributed by atoms with Crippen molar-refractivity contribution in [3.63, 3.8) is 0 Å². The van der Waals surface area contributed by atoms with Crippen LogP contribution in [-0.2, 0) is 6.42 Å². The molecule has 1 aliphatic carbocycles. The Morgan fingerprint density at radius 1 is 0.731 bits per heavy atom. The van der Waals surface area contributed by atoms with Crippen LogP contribution >= 0.6 is 0 Å². The summed E-state index contributed by atoms with van der Waals surface area (Å²) >= 11 is 0. The first kappa shape index (κ1) is 15.5. The topological polar surface area (TPSA) is 0 Å². The van der Waals surface area contributed by atoms with Gasteiger partial charge in [0.1, 0.15) is 11.6 Å². The molecule has 128 valence electrons. The van der Waals surface area contributed by atoms with Gasteiger partial charge in [-0.15, -0.1) is 0 Å². The van der Waals surface area contributed by atoms with Crippen molar-refractivity contribution in [1.29, 1.82) is 0 Å². The lowest BCUT2D eigenvalue weighted by atomic mass is 9.77. The summed E-state index contributed by atoms with van der Waals surface area (Å²) in [6, 6.07) is 21.0. The minimum absolute atomic E-state index is 0.0554. The summed E-state index contributed by atoms with van der Waals surface area (Å²) in [5.41, 5.74) is 3.28. The molecule has 0 nitrogen and oxygen atoms in total. The highest BCUT2D eigenvalue weighted by atomic mass is 19.1. The molecule has 1 unspecified atom stereocenters. The molecule has 0 fully saturated rings. The second-order valence-electron chi connectivity index (χ2n) is 7.16. The van der Waals surface area contributed by atoms with Crippen molar-refractivity contribution in [1.82, 2.24) is 0 Å². The molecule has 0 saturated carbocycles. The summed E-state index contributed by atoms with van der Waals surface area (Å²) < 4.78 is 27.5. The van der Waals surface area contributed by atoms with E-state index in [0.717, 1.165) is 30.9 Å². The zero-order valence-electron chi connectivity index (χ0n) is 14.3. The number of fused-ring (bicyclic) bond motifs is 5. The largest absolute Gasteiger partial charge is 0.207 e. The number of hydrogen-bond acceptors (Lipinski definition) is 0. The third-order valence-corrected chi connectivity index (χ3v) is 5.66. The summed E-state index contributed by atoms with van der Waals surface area (Å²) in [5.74, 6) is -0.947. The van der Waals surface area contributed by atoms with E-state index in [0.29, 0.717) is 0 Å². The van der Waals surface area contributed by atoms with E-state index in [4.69, 9.17) is 0 Å². The molecule has 0 aromatic heterocycles. The van der Waals surface area contributed by atoms with Crippen LogP contribution in [0.25, 0.3) is 21.5 Å². The molecule has 5 rings (SSSR count). The van der Waals surface area contributed by atoms with Gasteiger partial charge in [-0.25, -0.2) is 8.78 Å². The molecule has 4 aromatic rings. The molecule has 0 aliphatic heterocycles. The molecule has 4 aromatic carbocycles. The van der Waals surface area contributed by atoms with E-state index in [1.165, 1.54) is 44.8 Å². The molecule has 1 atom stereocenters. The Morgan fingerprint density at radius 3 is 2.35 bits per heavy atom. The standard InChI is InChI=1S/C24H18F2/c25-17-12-16(13-18(26)14-17)20-6-3-7-21-23(20)11-10-22-19-5-2-1-4-15(19)8-9-24(21)22/h1-2,4-5,8-14,20H,3,6-7H2. The van der Waals surface area contributed by atoms with Gasteiger partial charge in [-0.1, -0.05) is 48.5 Å². The van der Waals surface area contributed by atoms with Crippen LogP contribution in [0.1, 0.15) is 35.4 Å². The van der Waals surface area contributed by atoms with E-state index in [2.05, 4.69) is 48.5 Å². The Hall–Kier alpha value is -2.74. The van der Waals surface area contributed by atoms with Gasteiger partial charge >= 0.3 is 0 Å². The van der Waals surface area contributed by atoms with Crippen LogP contribution in [0.2, 0.25) is 0 Å². The van der Waals surface area contributed by atoms with Gasteiger partial charge in [0.25, 0.3) is 0 Å². The molecule has 0 N–H and O–H groups in total. The van der Waals surface area contributed by atoms with Gasteiger partial charge in [0.05, 0.1) is 0 Å². The van der Waals surface area contributed by atoms with Crippen molar-refractivity contribution in [2.45, 2.75) is 25.2 Å². The second kappa shape index (κ2) is 5.91. The van der Waals surface area contributed by atoms with Crippen molar-refractivity contribution < 1.29 is 8.78 Å². The van der Waals surface area contributed by atoms with Crippen LogP contribution in [0.3, 0.4) is 0 Å². The SMILES string of the molecule is Fc1cc(F)cc(C2CCCc3c2ccc2c3ccc3ccccc32)c1. The normalized spacial score (nSPS) is 16.8. The first-order valence-electron chi connectivity index (χ1n) is 9.10. The summed E-state index contributed by atoms with van der Waals surface area (Å²) in [4.78, 5) is 0. The lowest BCUT2D eigenvalue weighted by Crippen LogP contribution is -2.12. The minimum atomic E-state index is -0.501. The highest BCUT2D eigenvalue weighted by Gasteiger charge is 2.24. The molecule has 0 radical (unpaired) electrons. The maximum atomic E-state index is 13.7. The van der Waals surface area contributed by atoms with Crippen LogP contribution in [0.5, 0.6) is 0 Å². The maximum absolute atomic E-state index is 13.7. The fraction of sp³-hybridized carbons (Fsp3) is 0.167. The fourth-order valence-corrected chi connectivity index (χ4v) is 4.53. The lowest BCUT2D eigenvalue weighted by Gasteiger charge is -2.27. The molecule has 0 spiro atoms. The van der Waals surface area contributed by atoms with Crippen molar-refractivity contribution in [3.8, 4) is 0 Å². The highest BCUT2D eigenvalue weighted by molar-refractivity contribution is 6.08. The van der Waals surface area contributed by atoms with Gasteiger partial charge in [0.2, 0.25) is 0 Å². The minimum Gasteiger partial charge on any atom is -0.207 e. The Balaban J connectivity index is 1.74. The van der Waals surface area contributed by atoms with Crippen LogP contribution in [0.4, 0.5) is 8.78 Å². The Labute approximate surface area is 151 Å². The molecule has 0 heterocycles. The van der Waals surface area contributed by atoms with Crippen molar-refractivity contribution in [2.75, 3.05) is 0 Å². The van der Waals surface area contributed by atoms with E-state index >= 15 is 0 Å². The van der Waals surface area contributed by atoms with E-state index in [1.54, 1.807) is 0 Å². The molecule has 0 saturated heterocycles. The third-order valence-electron chi connectivity index (χ3n) is 5.66. The van der Waals surface area contributed by atoms with E-state index in [-0.39, 0.29) is 5.92 Å². The monoisotopic (exact) mass is 344 g/mol. The number of aryl methyl sites for hydroxylation is 1. The molecular weight excluding hydrogens is 326 g/mol. The molecule has 1 aliphatic rings. The third kappa shape index (κ3) is 2.40. The van der Waals surface area contributed by atoms with Crippen molar-refractivity contribution in [3.05, 3.63) is 95.1 Å². The maximum Gasteiger partial charge on any atom is 0.126 e. The number of rotatable bonds is 1. The van der Waals surface area contributed by atoms with Crippen molar-refractivity contribution in [2.24, 2.45) is 0 Å². The fourth-order valence-electron chi connectivity index (χ4n) is 4.53. The van der Waals surface area contributed by atoms with Crippen molar-refractivity contribution >= 4 is 21.5 Å². The van der Waals surface area contributed by atoms with Gasteiger partial charge in [-0.3, -0.25) is 0 Å². The lowest BCUT2D eigenvalue weighted by molar-refractivity contribution is 0.565. The van der Waals surface area contributed by atoms with Gasteiger partial charge in [0, 0.05) is 12.0 Å². The van der Waals surface area contributed by atoms with Crippen LogP contribution in [-0.4, -0.2) is 0 Å². The molecular formula is C24H18F2. The Bertz CT molecular complexity index is 1120. The highest BCUT2D eigenvalue weighted by Crippen LogP contribution is 2.41. The predicted octanol–water partition coefficient (Wildman–Crippen LogP) is 6.74. The van der Waals surface area contributed by atoms with E-state index < -0.39 is 11.6 Å². The Morgan fingerprint density at radius 2 is 1.50 bits per heavy atom. The molecule has 26 heavy (non-hydrogen) atoms. The van der Waals surface area contributed by atoms with Crippen LogP contribution in [0.15, 0.2) is 66.7 Å². The number of benzene rings is 4. The van der Waals surface area contributed by atoms with Gasteiger partial charge in [-0.05, 0) is 69.6 Å². The van der Waals surface area contributed by atoms with E-state index in [9.17, 15) is 8.78 Å². The average Bonchev–Trinajstić information content (AvgIpc) is 2.66. The molecule has 0 bridgehead atoms. The first-order chi connectivity index (χ1) is 12.7. The van der Waals surface area contributed by atoms with Gasteiger partial charge in [0.15, 0.2) is 0 Å². The average molecular weight is 344 g/mol. The van der Waals surface area contributed by atoms with E-state index in [1.807, 2.05) is 0 Å². The Kier molecular flexibility index (Phi) is 3.53. The zero-order valence-corrected chi connectivity index (χ0v) is 14.3. The smallest absolute Gasteiger partial charge is 0.126 e. The molecule has 2 heteroatoms. The summed E-state index contributed by atoms with van der Waals surface area (Å²) in [6.45, 7) is 0. The summed E-state index contributed by atoms with van der Waals surface area (Å²) in [7, 11) is 0. The predicted molar refractivity (Wildman–Crippen MR) is 103 cm³/mol. The summed E-state index contributed by atoms with van der Waals surface area (Å²) in [6.07, 6.45) is 2.97. The summed E-state index contributed by atoms with van der Waals surface area (Å²) in [5, 5.41) is 5.02. The first-order valence-corrected chi connectivity index (χ1v) is 9.10. The van der Waals surface area contributed by atoms with Crippen LogP contribution < -0.4 is 0 Å². The number of halogens is 2. The van der Waals surface area contributed by atoms with Crippen LogP contribution in [0, 0.1) is 11.6 Å². The van der Waals surface area contributed by atoms with Gasteiger partial charge in [-0.2, -0.15) is 0 Å². The quantitative estimate of drug-likeness (QED) is 0.335.